The lowest BCUT2D eigenvalue weighted by Crippen LogP contribution is -2.44. The topological polar surface area (TPSA) is 58.9 Å². The average molecular weight is 390 g/mol. The van der Waals surface area contributed by atoms with Gasteiger partial charge in [0.25, 0.3) is 0 Å². The predicted octanol–water partition coefficient (Wildman–Crippen LogP) is 3.75. The van der Waals surface area contributed by atoms with Gasteiger partial charge in [0.2, 0.25) is 0 Å². The molecule has 1 unspecified atom stereocenters. The third-order valence-corrected chi connectivity index (χ3v) is 5.73. The summed E-state index contributed by atoms with van der Waals surface area (Å²) in [6.45, 7) is 1.22. The Kier molecular flexibility index (Phi) is 5.12. The van der Waals surface area contributed by atoms with Gasteiger partial charge in [0.05, 0.1) is 6.10 Å². The van der Waals surface area contributed by atoms with Crippen molar-refractivity contribution in [3.05, 3.63) is 65.2 Å². The minimum Gasteiger partial charge on any atom is -0.491 e. The molecular weight excluding hydrogens is 366 g/mol. The van der Waals surface area contributed by atoms with Gasteiger partial charge in [-0.25, -0.2) is 0 Å². The zero-order valence-corrected chi connectivity index (χ0v) is 15.5. The second kappa shape index (κ2) is 7.43. The van der Waals surface area contributed by atoms with E-state index in [0.29, 0.717) is 12.4 Å². The molecule has 6 heteroatoms. The van der Waals surface area contributed by atoms with Crippen LogP contribution in [0.3, 0.4) is 0 Å². The number of aliphatic hydroxyl groups is 2. The Hall–Kier alpha value is -2.02. The van der Waals surface area contributed by atoms with E-state index in [2.05, 4.69) is 0 Å². The second-order valence-corrected chi connectivity index (χ2v) is 7.57. The van der Waals surface area contributed by atoms with Gasteiger partial charge in [-0.2, -0.15) is 8.78 Å². The smallest absolute Gasteiger partial charge is 0.309 e. The molecule has 1 aliphatic carbocycles. The molecule has 3 atom stereocenters. The summed E-state index contributed by atoms with van der Waals surface area (Å²) in [5.41, 5.74) is -1.44. The highest BCUT2D eigenvalue weighted by Gasteiger charge is 2.64. The zero-order chi connectivity index (χ0) is 19.8. The number of hydrogen-bond donors (Lipinski definition) is 2. The van der Waals surface area contributed by atoms with Crippen molar-refractivity contribution in [1.82, 2.24) is 0 Å². The van der Waals surface area contributed by atoms with E-state index in [9.17, 15) is 19.0 Å². The number of hydrogen-bond acceptors (Lipinski definition) is 4. The van der Waals surface area contributed by atoms with Crippen LogP contribution < -0.4 is 4.74 Å². The number of rotatable bonds is 6. The summed E-state index contributed by atoms with van der Waals surface area (Å²) in [4.78, 5) is 0. The molecule has 0 bridgehead atoms. The van der Waals surface area contributed by atoms with E-state index in [1.54, 1.807) is 24.3 Å². The lowest BCUT2D eigenvalue weighted by molar-refractivity contribution is -0.226. The Balaban J connectivity index is 1.47. The summed E-state index contributed by atoms with van der Waals surface area (Å²) in [5, 5.41) is 20.9. The molecule has 0 amide bonds. The summed E-state index contributed by atoms with van der Waals surface area (Å²) in [5.74, 6) is -3.00. The van der Waals surface area contributed by atoms with Gasteiger partial charge in [-0.15, -0.1) is 0 Å². The molecule has 2 aromatic rings. The number of ether oxygens (including phenoxy) is 2. The van der Waals surface area contributed by atoms with Gasteiger partial charge in [0, 0.05) is 6.61 Å². The maximum absolute atomic E-state index is 14.7. The van der Waals surface area contributed by atoms with Gasteiger partial charge < -0.3 is 19.7 Å². The molecule has 0 radical (unpaired) electrons. The monoisotopic (exact) mass is 390 g/mol. The maximum Gasteiger partial charge on any atom is 0.309 e. The highest BCUT2D eigenvalue weighted by Crippen LogP contribution is 2.55. The van der Waals surface area contributed by atoms with Crippen molar-refractivity contribution in [2.45, 2.75) is 49.4 Å². The van der Waals surface area contributed by atoms with Crippen molar-refractivity contribution >= 4 is 0 Å². The summed E-state index contributed by atoms with van der Waals surface area (Å²) >= 11 is 0. The van der Waals surface area contributed by atoms with E-state index in [0.717, 1.165) is 25.0 Å². The van der Waals surface area contributed by atoms with Gasteiger partial charge in [-0.05, 0) is 54.5 Å². The largest absolute Gasteiger partial charge is 0.491 e. The van der Waals surface area contributed by atoms with Crippen molar-refractivity contribution in [3.8, 4) is 5.75 Å². The molecule has 0 spiro atoms. The van der Waals surface area contributed by atoms with Crippen LogP contribution >= 0.6 is 0 Å². The molecule has 1 saturated heterocycles. The van der Waals surface area contributed by atoms with Crippen molar-refractivity contribution in [1.29, 1.82) is 0 Å². The molecule has 2 N–H and O–H groups in total. The van der Waals surface area contributed by atoms with Crippen LogP contribution in [0, 0.1) is 0 Å². The molecule has 0 aromatic heterocycles. The number of alkyl halides is 2. The second-order valence-electron chi connectivity index (χ2n) is 7.57. The Morgan fingerprint density at radius 3 is 2.75 bits per heavy atom. The minimum atomic E-state index is -3.65. The van der Waals surface area contributed by atoms with E-state index in [1.807, 2.05) is 12.1 Å². The van der Waals surface area contributed by atoms with Crippen LogP contribution in [0.4, 0.5) is 8.78 Å². The zero-order valence-electron chi connectivity index (χ0n) is 15.5. The molecule has 1 heterocycles. The van der Waals surface area contributed by atoms with Crippen LogP contribution in [0.1, 0.15) is 42.1 Å². The van der Waals surface area contributed by atoms with Gasteiger partial charge in [-0.1, -0.05) is 36.4 Å². The van der Waals surface area contributed by atoms with Gasteiger partial charge in [0.15, 0.2) is 5.60 Å². The van der Waals surface area contributed by atoms with Gasteiger partial charge >= 0.3 is 5.92 Å². The molecule has 28 heavy (non-hydrogen) atoms. The predicted molar refractivity (Wildman–Crippen MR) is 99.5 cm³/mol. The van der Waals surface area contributed by atoms with Crippen LogP contribution in [0.2, 0.25) is 0 Å². The quantitative estimate of drug-likeness (QED) is 0.789. The number of benzene rings is 2. The van der Waals surface area contributed by atoms with E-state index < -0.39 is 17.6 Å². The number of aryl methyl sites for hydroxylation is 1. The lowest BCUT2D eigenvalue weighted by Gasteiger charge is -2.31. The van der Waals surface area contributed by atoms with Crippen LogP contribution in [0.25, 0.3) is 0 Å². The fraction of sp³-hybridized carbons (Fsp3) is 0.455. The van der Waals surface area contributed by atoms with E-state index in [-0.39, 0.29) is 30.1 Å². The number of fused-ring (bicyclic) bond motifs is 1. The van der Waals surface area contributed by atoms with E-state index in [4.69, 9.17) is 9.47 Å². The average Bonchev–Trinajstić information content (AvgIpc) is 3.28. The molecule has 1 aliphatic heterocycles. The Bertz CT molecular complexity index is 835. The molecular formula is C22H24F2O4. The third kappa shape index (κ3) is 3.30. The standard InChI is InChI=1S/C22H24F2O4/c23-22(24)20(25)18-8-1-2-9-19(18)21(22,26)11-10-15-5-3-6-16(13-15)28-14-17-7-4-12-27-17/h1-3,5-6,8-9,13,17,20,25-26H,4,7,10-12,14H2/t17?,20-,21-/m1/s1. The van der Waals surface area contributed by atoms with Crippen LogP contribution in [0.5, 0.6) is 5.75 Å². The molecule has 2 aliphatic rings. The fourth-order valence-corrected chi connectivity index (χ4v) is 4.10. The Labute approximate surface area is 162 Å². The van der Waals surface area contributed by atoms with Crippen molar-refractivity contribution < 1.29 is 28.5 Å². The molecule has 150 valence electrons. The maximum atomic E-state index is 14.7. The molecule has 4 nitrogen and oxygen atoms in total. The summed E-state index contributed by atoms with van der Waals surface area (Å²) in [6, 6.07) is 13.3. The number of halogens is 2. The van der Waals surface area contributed by atoms with E-state index >= 15 is 0 Å². The highest BCUT2D eigenvalue weighted by atomic mass is 19.3. The summed E-state index contributed by atoms with van der Waals surface area (Å²) in [6.07, 6.45) is 0.125. The fourth-order valence-electron chi connectivity index (χ4n) is 4.10. The van der Waals surface area contributed by atoms with Gasteiger partial charge in [0.1, 0.15) is 18.5 Å². The molecule has 4 rings (SSSR count). The first kappa shape index (κ1) is 19.3. The minimum absolute atomic E-state index is 0.0867. The SMILES string of the molecule is O[C@@H]1c2ccccc2[C@](O)(CCc2cccc(OCC3CCCO3)c2)C1(F)F. The van der Waals surface area contributed by atoms with Crippen LogP contribution in [-0.4, -0.2) is 35.5 Å². The van der Waals surface area contributed by atoms with Crippen molar-refractivity contribution in [2.24, 2.45) is 0 Å². The Morgan fingerprint density at radius 1 is 1.14 bits per heavy atom. The lowest BCUT2D eigenvalue weighted by atomic mass is 9.86. The summed E-state index contributed by atoms with van der Waals surface area (Å²) < 4.78 is 40.7. The molecule has 0 saturated carbocycles. The summed E-state index contributed by atoms with van der Waals surface area (Å²) in [7, 11) is 0. The normalized spacial score (nSPS) is 28.3. The van der Waals surface area contributed by atoms with Crippen LogP contribution in [-0.2, 0) is 16.8 Å². The third-order valence-electron chi connectivity index (χ3n) is 5.73. The first-order valence-electron chi connectivity index (χ1n) is 9.63. The van der Waals surface area contributed by atoms with E-state index in [1.165, 1.54) is 12.1 Å². The van der Waals surface area contributed by atoms with Crippen LogP contribution in [0.15, 0.2) is 48.5 Å². The van der Waals surface area contributed by atoms with Gasteiger partial charge in [-0.3, -0.25) is 0 Å². The first-order chi connectivity index (χ1) is 13.4. The van der Waals surface area contributed by atoms with Crippen molar-refractivity contribution in [2.75, 3.05) is 13.2 Å². The first-order valence-corrected chi connectivity index (χ1v) is 9.63. The number of aliphatic hydroxyl groups excluding tert-OH is 1. The molecule has 2 aromatic carbocycles. The van der Waals surface area contributed by atoms with Crippen molar-refractivity contribution in [3.63, 3.8) is 0 Å². The Morgan fingerprint density at radius 2 is 1.96 bits per heavy atom. The highest BCUT2D eigenvalue weighted by molar-refractivity contribution is 5.43. The molecule has 1 fully saturated rings.